The van der Waals surface area contributed by atoms with Crippen LogP contribution in [0.15, 0.2) is 47.4 Å². The van der Waals surface area contributed by atoms with Crippen molar-refractivity contribution in [3.63, 3.8) is 0 Å². The number of anilines is 1. The van der Waals surface area contributed by atoms with Gasteiger partial charge in [0.2, 0.25) is 10.0 Å². The van der Waals surface area contributed by atoms with E-state index in [0.717, 1.165) is 24.1 Å². The van der Waals surface area contributed by atoms with Gasteiger partial charge in [0.05, 0.1) is 4.90 Å². The van der Waals surface area contributed by atoms with Crippen LogP contribution >= 0.6 is 0 Å². The molecule has 25 heavy (non-hydrogen) atoms. The minimum Gasteiger partial charge on any atom is -0.322 e. The number of aryl methyl sites for hydroxylation is 2. The van der Waals surface area contributed by atoms with Crippen LogP contribution in [0.1, 0.15) is 34.3 Å². The predicted molar refractivity (Wildman–Crippen MR) is 98.3 cm³/mol. The van der Waals surface area contributed by atoms with Crippen LogP contribution < -0.4 is 5.32 Å². The third-order valence-corrected chi connectivity index (χ3v) is 6.57. The lowest BCUT2D eigenvalue weighted by atomic mass is 10.1. The second-order valence-corrected chi connectivity index (χ2v) is 8.27. The number of carbonyl (C=O) groups excluding carboxylic acids is 1. The standard InChI is InChI=1S/C19H22N2O3S/c1-14-7-3-4-8-17(14)20-19(22)16-10-9-15(2)18(13-16)25(23,24)21-11-5-6-12-21/h3-4,7-10,13H,5-6,11-12H2,1-2H3,(H,20,22). The molecule has 1 amide bonds. The van der Waals surface area contributed by atoms with E-state index in [1.807, 2.05) is 31.2 Å². The Bertz CT molecular complexity index is 901. The van der Waals surface area contributed by atoms with Crippen molar-refractivity contribution in [2.75, 3.05) is 18.4 Å². The number of carbonyl (C=O) groups is 1. The molecule has 0 bridgehead atoms. The lowest BCUT2D eigenvalue weighted by molar-refractivity contribution is 0.102. The molecule has 0 aliphatic carbocycles. The molecule has 1 N–H and O–H groups in total. The lowest BCUT2D eigenvalue weighted by Gasteiger charge is -2.18. The monoisotopic (exact) mass is 358 g/mol. The van der Waals surface area contributed by atoms with Gasteiger partial charge in [-0.2, -0.15) is 4.31 Å². The van der Waals surface area contributed by atoms with E-state index in [-0.39, 0.29) is 10.8 Å². The summed E-state index contributed by atoms with van der Waals surface area (Å²) in [5.41, 5.74) is 2.66. The highest BCUT2D eigenvalue weighted by molar-refractivity contribution is 7.89. The van der Waals surface area contributed by atoms with E-state index in [0.29, 0.717) is 24.2 Å². The fraction of sp³-hybridized carbons (Fsp3) is 0.316. The number of hydrogen-bond donors (Lipinski definition) is 1. The molecule has 1 fully saturated rings. The molecule has 0 aromatic heterocycles. The second-order valence-electron chi connectivity index (χ2n) is 6.36. The van der Waals surface area contributed by atoms with E-state index in [9.17, 15) is 13.2 Å². The number of rotatable bonds is 4. The van der Waals surface area contributed by atoms with E-state index in [2.05, 4.69) is 5.32 Å². The number of para-hydroxylation sites is 1. The van der Waals surface area contributed by atoms with Crippen LogP contribution in [0.5, 0.6) is 0 Å². The van der Waals surface area contributed by atoms with Crippen molar-refractivity contribution in [3.05, 3.63) is 59.2 Å². The molecule has 0 atom stereocenters. The van der Waals surface area contributed by atoms with Gasteiger partial charge < -0.3 is 5.32 Å². The summed E-state index contributed by atoms with van der Waals surface area (Å²) in [6.45, 7) is 4.75. The van der Waals surface area contributed by atoms with Crippen molar-refractivity contribution in [2.45, 2.75) is 31.6 Å². The number of amides is 1. The quantitative estimate of drug-likeness (QED) is 0.911. The van der Waals surface area contributed by atoms with Crippen molar-refractivity contribution in [1.29, 1.82) is 0 Å². The molecule has 0 spiro atoms. The fourth-order valence-corrected chi connectivity index (χ4v) is 4.76. The molecule has 1 saturated heterocycles. The molecule has 5 nitrogen and oxygen atoms in total. The Balaban J connectivity index is 1.91. The van der Waals surface area contributed by atoms with Crippen LogP contribution in [0.2, 0.25) is 0 Å². The van der Waals surface area contributed by atoms with Gasteiger partial charge in [-0.1, -0.05) is 24.3 Å². The summed E-state index contributed by atoms with van der Waals surface area (Å²) < 4.78 is 27.2. The van der Waals surface area contributed by atoms with Crippen molar-refractivity contribution in [1.82, 2.24) is 4.31 Å². The molecule has 3 rings (SSSR count). The van der Waals surface area contributed by atoms with Crippen molar-refractivity contribution < 1.29 is 13.2 Å². The van der Waals surface area contributed by atoms with Gasteiger partial charge in [-0.15, -0.1) is 0 Å². The first-order chi connectivity index (χ1) is 11.9. The molecule has 0 radical (unpaired) electrons. The van der Waals surface area contributed by atoms with Gasteiger partial charge in [-0.05, 0) is 56.0 Å². The molecule has 0 saturated carbocycles. The molecule has 0 unspecified atom stereocenters. The first kappa shape index (κ1) is 17.6. The highest BCUT2D eigenvalue weighted by Gasteiger charge is 2.29. The highest BCUT2D eigenvalue weighted by atomic mass is 32.2. The molecular formula is C19H22N2O3S. The van der Waals surface area contributed by atoms with Gasteiger partial charge in [0.1, 0.15) is 0 Å². The minimum atomic E-state index is -3.55. The first-order valence-corrected chi connectivity index (χ1v) is 9.81. The third-order valence-electron chi connectivity index (χ3n) is 4.53. The van der Waals surface area contributed by atoms with Gasteiger partial charge >= 0.3 is 0 Å². The zero-order chi connectivity index (χ0) is 18.0. The average Bonchev–Trinajstić information content (AvgIpc) is 3.12. The molecule has 6 heteroatoms. The van der Waals surface area contributed by atoms with Crippen LogP contribution in [0.25, 0.3) is 0 Å². The molecule has 2 aromatic rings. The predicted octanol–water partition coefficient (Wildman–Crippen LogP) is 3.34. The topological polar surface area (TPSA) is 66.5 Å². The Labute approximate surface area is 148 Å². The van der Waals surface area contributed by atoms with Crippen LogP contribution in [0.3, 0.4) is 0 Å². The maximum Gasteiger partial charge on any atom is 0.255 e. The van der Waals surface area contributed by atoms with Crippen LogP contribution in [0.4, 0.5) is 5.69 Å². The largest absolute Gasteiger partial charge is 0.322 e. The SMILES string of the molecule is Cc1ccccc1NC(=O)c1ccc(C)c(S(=O)(=O)N2CCCC2)c1. The van der Waals surface area contributed by atoms with E-state index in [1.54, 1.807) is 19.1 Å². The number of hydrogen-bond acceptors (Lipinski definition) is 3. The zero-order valence-corrected chi connectivity index (χ0v) is 15.3. The Kier molecular flexibility index (Phi) is 4.92. The normalized spacial score (nSPS) is 15.3. The Morgan fingerprint density at radius 3 is 2.36 bits per heavy atom. The summed E-state index contributed by atoms with van der Waals surface area (Å²) in [4.78, 5) is 12.8. The summed E-state index contributed by atoms with van der Waals surface area (Å²) in [6.07, 6.45) is 1.76. The Hall–Kier alpha value is -2.18. The lowest BCUT2D eigenvalue weighted by Crippen LogP contribution is -2.28. The van der Waals surface area contributed by atoms with E-state index < -0.39 is 10.0 Å². The molecule has 1 aliphatic heterocycles. The van der Waals surface area contributed by atoms with Gasteiger partial charge in [0.15, 0.2) is 0 Å². The maximum absolute atomic E-state index is 12.8. The third kappa shape index (κ3) is 3.60. The Morgan fingerprint density at radius 2 is 1.68 bits per heavy atom. The first-order valence-electron chi connectivity index (χ1n) is 8.37. The van der Waals surface area contributed by atoms with Gasteiger partial charge in [0.25, 0.3) is 5.91 Å². The van der Waals surface area contributed by atoms with Crippen molar-refractivity contribution in [2.24, 2.45) is 0 Å². The van der Waals surface area contributed by atoms with Gasteiger partial charge in [-0.3, -0.25) is 4.79 Å². The number of benzene rings is 2. The minimum absolute atomic E-state index is 0.215. The summed E-state index contributed by atoms with van der Waals surface area (Å²) in [5, 5.41) is 2.85. The number of nitrogens with one attached hydrogen (secondary N) is 1. The molecular weight excluding hydrogens is 336 g/mol. The number of nitrogens with zero attached hydrogens (tertiary/aromatic N) is 1. The van der Waals surface area contributed by atoms with Crippen LogP contribution in [-0.4, -0.2) is 31.7 Å². The summed E-state index contributed by atoms with van der Waals surface area (Å²) in [7, 11) is -3.55. The molecule has 1 heterocycles. The molecule has 2 aromatic carbocycles. The summed E-state index contributed by atoms with van der Waals surface area (Å²) >= 11 is 0. The van der Waals surface area contributed by atoms with Crippen molar-refractivity contribution >= 4 is 21.6 Å². The van der Waals surface area contributed by atoms with E-state index in [4.69, 9.17) is 0 Å². The molecule has 1 aliphatic rings. The van der Waals surface area contributed by atoms with E-state index >= 15 is 0 Å². The zero-order valence-electron chi connectivity index (χ0n) is 14.5. The molecule has 132 valence electrons. The maximum atomic E-state index is 12.8. The smallest absolute Gasteiger partial charge is 0.255 e. The summed E-state index contributed by atoms with van der Waals surface area (Å²) in [5.74, 6) is -0.313. The van der Waals surface area contributed by atoms with Crippen molar-refractivity contribution in [3.8, 4) is 0 Å². The average molecular weight is 358 g/mol. The number of sulfonamides is 1. The summed E-state index contributed by atoms with van der Waals surface area (Å²) in [6, 6.07) is 12.3. The van der Waals surface area contributed by atoms with Gasteiger partial charge in [-0.25, -0.2) is 8.42 Å². The fourth-order valence-electron chi connectivity index (χ4n) is 2.99. The van der Waals surface area contributed by atoms with Crippen LogP contribution in [0, 0.1) is 13.8 Å². The van der Waals surface area contributed by atoms with Gasteiger partial charge in [0, 0.05) is 24.3 Å². The van der Waals surface area contributed by atoms with E-state index in [1.165, 1.54) is 10.4 Å². The second kappa shape index (κ2) is 6.98. The Morgan fingerprint density at radius 1 is 1.00 bits per heavy atom. The van der Waals surface area contributed by atoms with Crippen LogP contribution in [-0.2, 0) is 10.0 Å². The highest BCUT2D eigenvalue weighted by Crippen LogP contribution is 2.25.